The molecular weight excluding hydrogens is 522 g/mol. The molecule has 0 aliphatic carbocycles. The summed E-state index contributed by atoms with van der Waals surface area (Å²) in [5, 5.41) is 16.7. The van der Waals surface area contributed by atoms with E-state index in [9.17, 15) is 23.5 Å². The lowest BCUT2D eigenvalue weighted by atomic mass is 10.0. The van der Waals surface area contributed by atoms with E-state index < -0.39 is 17.9 Å². The van der Waals surface area contributed by atoms with E-state index in [1.54, 1.807) is 30.6 Å². The Morgan fingerprint density at radius 3 is 2.50 bits per heavy atom. The third kappa shape index (κ3) is 4.84. The normalized spacial score (nSPS) is 14.0. The molecule has 2 amide bonds. The van der Waals surface area contributed by atoms with Crippen LogP contribution < -0.4 is 5.32 Å². The molecule has 0 saturated carbocycles. The number of piperidine rings is 1. The second-order valence-electron chi connectivity index (χ2n) is 9.33. The predicted molar refractivity (Wildman–Crippen MR) is 140 cm³/mol. The van der Waals surface area contributed by atoms with Gasteiger partial charge in [-0.05, 0) is 55.3 Å². The van der Waals surface area contributed by atoms with Crippen molar-refractivity contribution in [3.05, 3.63) is 84.6 Å². The molecule has 202 valence electrons. The highest BCUT2D eigenvalue weighted by Crippen LogP contribution is 2.35. The Morgan fingerprint density at radius 2 is 1.77 bits per heavy atom. The highest BCUT2D eigenvalue weighted by atomic mass is 19.1. The van der Waals surface area contributed by atoms with E-state index in [0.29, 0.717) is 54.2 Å². The second-order valence-corrected chi connectivity index (χ2v) is 9.33. The molecular formula is C27H22F2N8O3. The molecule has 1 saturated heterocycles. The van der Waals surface area contributed by atoms with Crippen LogP contribution >= 0.6 is 0 Å². The maximum absolute atomic E-state index is 13.7. The van der Waals surface area contributed by atoms with Crippen LogP contribution in [0, 0.1) is 11.8 Å². The van der Waals surface area contributed by atoms with E-state index in [1.165, 1.54) is 40.0 Å². The Labute approximate surface area is 225 Å². The molecule has 5 aromatic rings. The number of carbonyl (C=O) groups is 2. The number of hydrogen-bond donors (Lipinski definition) is 2. The van der Waals surface area contributed by atoms with Crippen molar-refractivity contribution in [3.63, 3.8) is 0 Å². The molecule has 1 aliphatic heterocycles. The number of halogens is 2. The van der Waals surface area contributed by atoms with Gasteiger partial charge < -0.3 is 19.9 Å². The van der Waals surface area contributed by atoms with Crippen LogP contribution in [0.1, 0.15) is 29.2 Å². The molecule has 0 radical (unpaired) electrons. The molecule has 0 spiro atoms. The van der Waals surface area contributed by atoms with Crippen molar-refractivity contribution in [1.82, 2.24) is 34.0 Å². The summed E-state index contributed by atoms with van der Waals surface area (Å²) in [6, 6.07) is 11.9. The number of carbonyl (C=O) groups excluding carboxylic acids is 1. The van der Waals surface area contributed by atoms with Crippen molar-refractivity contribution < 1.29 is 23.5 Å². The molecule has 0 unspecified atom stereocenters. The van der Waals surface area contributed by atoms with Gasteiger partial charge in [-0.3, -0.25) is 4.79 Å². The summed E-state index contributed by atoms with van der Waals surface area (Å²) in [5.41, 5.74) is 3.10. The number of carboxylic acid groups (broad SMARTS) is 1. The first kappa shape index (κ1) is 25.1. The van der Waals surface area contributed by atoms with Gasteiger partial charge in [-0.15, -0.1) is 0 Å². The number of rotatable bonds is 5. The van der Waals surface area contributed by atoms with Crippen LogP contribution in [0.15, 0.2) is 67.3 Å². The first-order valence-electron chi connectivity index (χ1n) is 12.5. The fraction of sp³-hybridized carbons (Fsp3) is 0.185. The minimum Gasteiger partial charge on any atom is -0.465 e. The van der Waals surface area contributed by atoms with Gasteiger partial charge in [0.1, 0.15) is 11.5 Å². The first-order chi connectivity index (χ1) is 19.4. The molecule has 11 nitrogen and oxygen atoms in total. The van der Waals surface area contributed by atoms with Crippen molar-refractivity contribution in [2.24, 2.45) is 0 Å². The fourth-order valence-electron chi connectivity index (χ4n) is 4.85. The summed E-state index contributed by atoms with van der Waals surface area (Å²) in [6.45, 7) is 0.782. The second kappa shape index (κ2) is 10.2. The zero-order valence-corrected chi connectivity index (χ0v) is 20.9. The van der Waals surface area contributed by atoms with Gasteiger partial charge >= 0.3 is 6.09 Å². The lowest BCUT2D eigenvalue weighted by Crippen LogP contribution is -2.38. The number of anilines is 1. The summed E-state index contributed by atoms with van der Waals surface area (Å²) < 4.78 is 30.6. The third-order valence-corrected chi connectivity index (χ3v) is 6.83. The van der Waals surface area contributed by atoms with Crippen LogP contribution in [0.4, 0.5) is 19.4 Å². The van der Waals surface area contributed by atoms with Crippen molar-refractivity contribution in [1.29, 1.82) is 0 Å². The summed E-state index contributed by atoms with van der Waals surface area (Å²) in [4.78, 5) is 37.8. The van der Waals surface area contributed by atoms with Gasteiger partial charge in [0.2, 0.25) is 5.95 Å². The van der Waals surface area contributed by atoms with E-state index in [4.69, 9.17) is 5.10 Å². The van der Waals surface area contributed by atoms with Crippen molar-refractivity contribution >= 4 is 23.5 Å². The molecule has 6 rings (SSSR count). The number of amides is 2. The lowest BCUT2D eigenvalue weighted by molar-refractivity contribution is 0.102. The van der Waals surface area contributed by atoms with Gasteiger partial charge in [0.25, 0.3) is 5.91 Å². The summed E-state index contributed by atoms with van der Waals surface area (Å²) >= 11 is 0. The van der Waals surface area contributed by atoms with Crippen molar-refractivity contribution in [3.8, 4) is 22.6 Å². The standard InChI is InChI=1S/C27H22F2N8O3/c28-18-3-1-16(2-4-18)24-25(36(15-31-24)19-8-11-35(12-9-19)27(39)40)20-5-6-23-32-22(14-37(23)34-20)33-26(38)17-7-10-30-21(29)13-17/h1-7,10,13-15,19H,8-9,11-12H2,(H,33,38)(H,39,40). The molecule has 2 N–H and O–H groups in total. The molecule has 0 atom stereocenters. The zero-order chi connectivity index (χ0) is 27.8. The van der Waals surface area contributed by atoms with Crippen LogP contribution in [-0.4, -0.2) is 64.2 Å². The van der Waals surface area contributed by atoms with Crippen molar-refractivity contribution in [2.45, 2.75) is 18.9 Å². The highest BCUT2D eigenvalue weighted by molar-refractivity contribution is 6.03. The number of aromatic nitrogens is 6. The number of nitrogens with zero attached hydrogens (tertiary/aromatic N) is 7. The quantitative estimate of drug-likeness (QED) is 0.312. The minimum atomic E-state index is -0.944. The molecule has 40 heavy (non-hydrogen) atoms. The van der Waals surface area contributed by atoms with Gasteiger partial charge in [-0.1, -0.05) is 0 Å². The molecule has 5 heterocycles. The predicted octanol–water partition coefficient (Wildman–Crippen LogP) is 4.50. The maximum atomic E-state index is 13.7. The van der Waals surface area contributed by atoms with Gasteiger partial charge in [0, 0.05) is 42.5 Å². The van der Waals surface area contributed by atoms with Gasteiger partial charge in [-0.25, -0.2) is 28.7 Å². The summed E-state index contributed by atoms with van der Waals surface area (Å²) in [6.07, 6.45) is 4.69. The fourth-order valence-corrected chi connectivity index (χ4v) is 4.85. The summed E-state index contributed by atoms with van der Waals surface area (Å²) in [5.74, 6) is -1.46. The van der Waals surface area contributed by atoms with E-state index in [1.807, 2.05) is 4.57 Å². The number of benzene rings is 1. The Bertz CT molecular complexity index is 1730. The first-order valence-corrected chi connectivity index (χ1v) is 12.5. The lowest BCUT2D eigenvalue weighted by Gasteiger charge is -2.31. The number of likely N-dealkylation sites (tertiary alicyclic amines) is 1. The van der Waals surface area contributed by atoms with Crippen LogP contribution in [-0.2, 0) is 0 Å². The largest absolute Gasteiger partial charge is 0.465 e. The molecule has 1 fully saturated rings. The van der Waals surface area contributed by atoms with E-state index >= 15 is 0 Å². The topological polar surface area (TPSA) is 131 Å². The van der Waals surface area contributed by atoms with E-state index in [2.05, 4.69) is 20.3 Å². The van der Waals surface area contributed by atoms with E-state index in [-0.39, 0.29) is 23.2 Å². The van der Waals surface area contributed by atoms with Crippen LogP contribution in [0.25, 0.3) is 28.3 Å². The number of pyridine rings is 1. The van der Waals surface area contributed by atoms with Crippen LogP contribution in [0.3, 0.4) is 0 Å². The zero-order valence-electron chi connectivity index (χ0n) is 20.9. The number of hydrogen-bond acceptors (Lipinski definition) is 6. The molecule has 4 aromatic heterocycles. The third-order valence-electron chi connectivity index (χ3n) is 6.83. The average Bonchev–Trinajstić information content (AvgIpc) is 3.57. The monoisotopic (exact) mass is 544 g/mol. The molecule has 1 aliphatic rings. The smallest absolute Gasteiger partial charge is 0.407 e. The number of imidazole rings is 2. The van der Waals surface area contributed by atoms with Crippen LogP contribution in [0.2, 0.25) is 0 Å². The van der Waals surface area contributed by atoms with Gasteiger partial charge in [0.05, 0.1) is 23.9 Å². The van der Waals surface area contributed by atoms with Crippen molar-refractivity contribution in [2.75, 3.05) is 18.4 Å². The Hall–Kier alpha value is -5.20. The van der Waals surface area contributed by atoms with Gasteiger partial charge in [-0.2, -0.15) is 9.49 Å². The highest BCUT2D eigenvalue weighted by Gasteiger charge is 2.27. The molecule has 0 bridgehead atoms. The van der Waals surface area contributed by atoms with Gasteiger partial charge in [0.15, 0.2) is 11.5 Å². The van der Waals surface area contributed by atoms with Crippen LogP contribution in [0.5, 0.6) is 0 Å². The molecule has 1 aromatic carbocycles. The Kier molecular flexibility index (Phi) is 6.38. The minimum absolute atomic E-state index is 0.0248. The Morgan fingerprint density at radius 1 is 1.00 bits per heavy atom. The van der Waals surface area contributed by atoms with E-state index in [0.717, 1.165) is 6.07 Å². The number of fused-ring (bicyclic) bond motifs is 1. The Balaban J connectivity index is 1.36. The molecule has 13 heteroatoms. The maximum Gasteiger partial charge on any atom is 0.407 e. The summed E-state index contributed by atoms with van der Waals surface area (Å²) in [7, 11) is 0. The average molecular weight is 545 g/mol. The number of nitrogens with one attached hydrogen (secondary N) is 1. The SMILES string of the molecule is O=C(Nc1cn2nc(-c3c(-c4ccc(F)cc4)ncn3C3CCN(C(=O)O)CC3)ccc2n1)c1ccnc(F)c1.